The molecule has 0 radical (unpaired) electrons. The van der Waals surface area contributed by atoms with Gasteiger partial charge in [-0.2, -0.15) is 0 Å². The lowest BCUT2D eigenvalue weighted by Crippen LogP contribution is -2.24. The molecule has 2 atom stereocenters. The van der Waals surface area contributed by atoms with Crippen LogP contribution >= 0.6 is 11.3 Å². The Kier molecular flexibility index (Phi) is 3.05. The fourth-order valence-corrected chi connectivity index (χ4v) is 2.33. The summed E-state index contributed by atoms with van der Waals surface area (Å²) in [5.41, 5.74) is 0.985. The van der Waals surface area contributed by atoms with Crippen LogP contribution in [-0.2, 0) is 17.8 Å². The normalized spacial score (nSPS) is 23.9. The fourth-order valence-electron chi connectivity index (χ4n) is 1.59. The molecule has 1 N–H and O–H groups in total. The number of rotatable bonds is 4. The van der Waals surface area contributed by atoms with Gasteiger partial charge in [-0.25, -0.2) is 4.98 Å². The highest BCUT2D eigenvalue weighted by Crippen LogP contribution is 2.37. The van der Waals surface area contributed by atoms with Crippen molar-refractivity contribution in [2.24, 2.45) is 11.8 Å². The molecule has 3 nitrogen and oxygen atoms in total. The van der Waals surface area contributed by atoms with Gasteiger partial charge in [0.15, 0.2) is 0 Å². The summed E-state index contributed by atoms with van der Waals surface area (Å²) < 4.78 is 0. The molecule has 1 aliphatic carbocycles. The van der Waals surface area contributed by atoms with Crippen LogP contribution in [0.15, 0.2) is 5.38 Å². The summed E-state index contributed by atoms with van der Waals surface area (Å²) in [7, 11) is 0. The zero-order chi connectivity index (χ0) is 10.8. The molecule has 1 amide bonds. The minimum atomic E-state index is 0.188. The Morgan fingerprint density at radius 3 is 3.00 bits per heavy atom. The van der Waals surface area contributed by atoms with Gasteiger partial charge >= 0.3 is 0 Å². The van der Waals surface area contributed by atoms with E-state index in [1.165, 1.54) is 0 Å². The number of nitrogens with zero attached hydrogens (tertiary/aromatic N) is 1. The zero-order valence-corrected chi connectivity index (χ0v) is 9.93. The molecule has 82 valence electrons. The van der Waals surface area contributed by atoms with Crippen LogP contribution in [0, 0.1) is 11.8 Å². The van der Waals surface area contributed by atoms with Gasteiger partial charge in [-0.15, -0.1) is 11.3 Å². The molecule has 1 fully saturated rings. The quantitative estimate of drug-likeness (QED) is 0.849. The molecule has 0 bridgehead atoms. The molecule has 2 rings (SSSR count). The largest absolute Gasteiger partial charge is 0.350 e. The van der Waals surface area contributed by atoms with Crippen LogP contribution in [0.2, 0.25) is 0 Å². The van der Waals surface area contributed by atoms with Gasteiger partial charge in [0.05, 0.1) is 17.2 Å². The topological polar surface area (TPSA) is 42.0 Å². The highest BCUT2D eigenvalue weighted by atomic mass is 32.1. The average Bonchev–Trinajstić information content (AvgIpc) is 2.81. The highest BCUT2D eigenvalue weighted by molar-refractivity contribution is 7.09. The third-order valence-electron chi connectivity index (χ3n) is 2.79. The first kappa shape index (κ1) is 10.6. The molecule has 4 heteroatoms. The van der Waals surface area contributed by atoms with Crippen molar-refractivity contribution in [2.75, 3.05) is 0 Å². The predicted molar refractivity (Wildman–Crippen MR) is 60.6 cm³/mol. The standard InChI is InChI=1S/C11H16N2OS/c1-3-10-13-8(6-15-10)5-12-11(14)9-4-7(9)2/h6-7,9H,3-5H2,1-2H3,(H,12,14)/t7-,9+/m0/s1. The number of carbonyl (C=O) groups is 1. The number of hydrogen-bond donors (Lipinski definition) is 1. The Morgan fingerprint density at radius 1 is 1.73 bits per heavy atom. The monoisotopic (exact) mass is 224 g/mol. The Morgan fingerprint density at radius 2 is 2.47 bits per heavy atom. The number of aromatic nitrogens is 1. The van der Waals surface area contributed by atoms with Crippen LogP contribution in [0.5, 0.6) is 0 Å². The average molecular weight is 224 g/mol. The Hall–Kier alpha value is -0.900. The summed E-state index contributed by atoms with van der Waals surface area (Å²) in [5, 5.41) is 6.10. The molecule has 1 aromatic rings. The number of hydrogen-bond acceptors (Lipinski definition) is 3. The van der Waals surface area contributed by atoms with E-state index >= 15 is 0 Å². The third kappa shape index (κ3) is 2.56. The SMILES string of the molecule is CCc1nc(CNC(=O)[C@@H]2C[C@@H]2C)cs1. The Labute approximate surface area is 93.9 Å². The van der Waals surface area contributed by atoms with Crippen molar-refractivity contribution in [3.8, 4) is 0 Å². The van der Waals surface area contributed by atoms with Gasteiger partial charge < -0.3 is 5.32 Å². The van der Waals surface area contributed by atoms with Crippen molar-refractivity contribution in [1.29, 1.82) is 0 Å². The van der Waals surface area contributed by atoms with Gasteiger partial charge in [-0.05, 0) is 18.8 Å². The highest BCUT2D eigenvalue weighted by Gasteiger charge is 2.38. The number of nitrogens with one attached hydrogen (secondary N) is 1. The number of amides is 1. The molecule has 0 saturated heterocycles. The van der Waals surface area contributed by atoms with Gasteiger partial charge in [-0.1, -0.05) is 13.8 Å². The molecular formula is C11H16N2OS. The zero-order valence-electron chi connectivity index (χ0n) is 9.12. The molecule has 1 saturated carbocycles. The van der Waals surface area contributed by atoms with Crippen molar-refractivity contribution >= 4 is 17.2 Å². The molecule has 1 aliphatic rings. The van der Waals surface area contributed by atoms with E-state index in [0.717, 1.165) is 23.5 Å². The predicted octanol–water partition coefficient (Wildman–Crippen LogP) is 1.98. The molecule has 1 heterocycles. The molecule has 0 unspecified atom stereocenters. The molecular weight excluding hydrogens is 208 g/mol. The van der Waals surface area contributed by atoms with Crippen LogP contribution in [0.4, 0.5) is 0 Å². The molecule has 1 aromatic heterocycles. The first-order valence-electron chi connectivity index (χ1n) is 5.41. The van der Waals surface area contributed by atoms with Crippen LogP contribution in [0.25, 0.3) is 0 Å². The summed E-state index contributed by atoms with van der Waals surface area (Å²) in [6.07, 6.45) is 2.02. The van der Waals surface area contributed by atoms with E-state index in [-0.39, 0.29) is 11.8 Å². The van der Waals surface area contributed by atoms with E-state index in [9.17, 15) is 4.79 Å². The maximum Gasteiger partial charge on any atom is 0.223 e. The second-order valence-electron chi connectivity index (χ2n) is 4.12. The Bertz CT molecular complexity index is 361. The van der Waals surface area contributed by atoms with Crippen molar-refractivity contribution in [1.82, 2.24) is 10.3 Å². The van der Waals surface area contributed by atoms with E-state index in [0.29, 0.717) is 12.5 Å². The molecule has 0 aromatic carbocycles. The summed E-state index contributed by atoms with van der Waals surface area (Å²) in [6.45, 7) is 4.79. The lowest BCUT2D eigenvalue weighted by molar-refractivity contribution is -0.122. The van der Waals surface area contributed by atoms with E-state index in [1.54, 1.807) is 11.3 Å². The lowest BCUT2D eigenvalue weighted by atomic mass is 10.3. The fraction of sp³-hybridized carbons (Fsp3) is 0.636. The van der Waals surface area contributed by atoms with Gasteiger partial charge in [0.1, 0.15) is 0 Å². The van der Waals surface area contributed by atoms with Crippen molar-refractivity contribution in [3.63, 3.8) is 0 Å². The molecule has 0 spiro atoms. The minimum absolute atomic E-state index is 0.188. The van der Waals surface area contributed by atoms with Crippen LogP contribution in [-0.4, -0.2) is 10.9 Å². The molecule has 15 heavy (non-hydrogen) atoms. The van der Waals surface area contributed by atoms with Gasteiger partial charge in [-0.3, -0.25) is 4.79 Å². The van der Waals surface area contributed by atoms with E-state index in [1.807, 2.05) is 5.38 Å². The smallest absolute Gasteiger partial charge is 0.223 e. The van der Waals surface area contributed by atoms with Crippen molar-refractivity contribution in [3.05, 3.63) is 16.1 Å². The van der Waals surface area contributed by atoms with E-state index in [2.05, 4.69) is 24.1 Å². The summed E-state index contributed by atoms with van der Waals surface area (Å²) in [5.74, 6) is 1.02. The first-order valence-corrected chi connectivity index (χ1v) is 6.29. The van der Waals surface area contributed by atoms with Crippen molar-refractivity contribution in [2.45, 2.75) is 33.2 Å². The van der Waals surface area contributed by atoms with Crippen molar-refractivity contribution < 1.29 is 4.79 Å². The van der Waals surface area contributed by atoms with Crippen LogP contribution in [0.3, 0.4) is 0 Å². The second kappa shape index (κ2) is 4.31. The minimum Gasteiger partial charge on any atom is -0.350 e. The number of aryl methyl sites for hydroxylation is 1. The summed E-state index contributed by atoms with van der Waals surface area (Å²) >= 11 is 1.66. The maximum absolute atomic E-state index is 11.5. The Balaban J connectivity index is 1.80. The van der Waals surface area contributed by atoms with E-state index < -0.39 is 0 Å². The van der Waals surface area contributed by atoms with E-state index in [4.69, 9.17) is 0 Å². The number of carbonyl (C=O) groups excluding carboxylic acids is 1. The maximum atomic E-state index is 11.5. The van der Waals surface area contributed by atoms with Gasteiger partial charge in [0, 0.05) is 11.3 Å². The number of thiazole rings is 1. The van der Waals surface area contributed by atoms with Crippen LogP contribution in [0.1, 0.15) is 31.0 Å². The van der Waals surface area contributed by atoms with Gasteiger partial charge in [0.25, 0.3) is 0 Å². The molecule has 0 aliphatic heterocycles. The summed E-state index contributed by atoms with van der Waals surface area (Å²) in [6, 6.07) is 0. The first-order chi connectivity index (χ1) is 7.20. The van der Waals surface area contributed by atoms with Gasteiger partial charge in [0.2, 0.25) is 5.91 Å². The van der Waals surface area contributed by atoms with Crippen LogP contribution < -0.4 is 5.32 Å². The second-order valence-corrected chi connectivity index (χ2v) is 5.07. The third-order valence-corrected chi connectivity index (χ3v) is 3.83. The summed E-state index contributed by atoms with van der Waals surface area (Å²) in [4.78, 5) is 15.9. The lowest BCUT2D eigenvalue weighted by Gasteiger charge is -2.01.